The molecule has 1 aromatic carbocycles. The Labute approximate surface area is 143 Å². The molecule has 0 aromatic heterocycles. The average molecular weight is 333 g/mol. The highest BCUT2D eigenvalue weighted by atomic mass is 16.7. The Balaban J connectivity index is 1.51. The van der Waals surface area contributed by atoms with Gasteiger partial charge in [0.05, 0.1) is 6.04 Å². The van der Waals surface area contributed by atoms with E-state index in [4.69, 9.17) is 15.2 Å². The molecule has 6 heteroatoms. The van der Waals surface area contributed by atoms with Crippen molar-refractivity contribution >= 4 is 5.91 Å². The lowest BCUT2D eigenvalue weighted by atomic mass is 9.98. The lowest BCUT2D eigenvalue weighted by Gasteiger charge is -2.36. The van der Waals surface area contributed by atoms with Crippen LogP contribution in [0, 0.1) is 5.92 Å². The molecule has 2 atom stereocenters. The van der Waals surface area contributed by atoms with Crippen LogP contribution in [0.4, 0.5) is 0 Å². The number of rotatable bonds is 5. The fourth-order valence-electron chi connectivity index (χ4n) is 3.13. The first-order chi connectivity index (χ1) is 11.6. The predicted octanol–water partition coefficient (Wildman–Crippen LogP) is 1.43. The largest absolute Gasteiger partial charge is 0.454 e. The second-order valence-corrected chi connectivity index (χ2v) is 6.70. The number of benzene rings is 1. The third-order valence-electron chi connectivity index (χ3n) is 5.07. The van der Waals surface area contributed by atoms with Gasteiger partial charge in [-0.2, -0.15) is 0 Å². The van der Waals surface area contributed by atoms with Gasteiger partial charge >= 0.3 is 0 Å². The summed E-state index contributed by atoms with van der Waals surface area (Å²) in [5.74, 6) is 1.95. The number of hydrogen-bond acceptors (Lipinski definition) is 5. The zero-order valence-electron chi connectivity index (χ0n) is 14.5. The minimum Gasteiger partial charge on any atom is -0.454 e. The predicted molar refractivity (Wildman–Crippen MR) is 91.9 cm³/mol. The first kappa shape index (κ1) is 17.0. The minimum absolute atomic E-state index is 0.0899. The molecule has 2 aliphatic rings. The van der Waals surface area contributed by atoms with E-state index in [2.05, 4.69) is 17.9 Å². The van der Waals surface area contributed by atoms with Crippen LogP contribution >= 0.6 is 0 Å². The molecule has 0 radical (unpaired) electrons. The summed E-state index contributed by atoms with van der Waals surface area (Å²) in [6.45, 7) is 8.49. The summed E-state index contributed by atoms with van der Waals surface area (Å²) in [7, 11) is 0. The van der Waals surface area contributed by atoms with Crippen molar-refractivity contribution < 1.29 is 14.3 Å². The minimum atomic E-state index is -0.379. The van der Waals surface area contributed by atoms with Crippen LogP contribution in [0.15, 0.2) is 18.2 Å². The molecule has 1 aromatic rings. The van der Waals surface area contributed by atoms with Gasteiger partial charge in [0, 0.05) is 32.7 Å². The first-order valence-corrected chi connectivity index (χ1v) is 8.73. The highest BCUT2D eigenvalue weighted by Gasteiger charge is 2.28. The van der Waals surface area contributed by atoms with Crippen LogP contribution < -0.4 is 15.2 Å². The number of hydrogen-bond donors (Lipinski definition) is 1. The van der Waals surface area contributed by atoms with E-state index in [9.17, 15) is 4.79 Å². The summed E-state index contributed by atoms with van der Waals surface area (Å²) in [4.78, 5) is 16.7. The van der Waals surface area contributed by atoms with E-state index in [1.54, 1.807) is 0 Å². The van der Waals surface area contributed by atoms with Crippen molar-refractivity contribution in [1.82, 2.24) is 9.80 Å². The lowest BCUT2D eigenvalue weighted by molar-refractivity contribution is -0.135. The molecule has 2 aliphatic heterocycles. The summed E-state index contributed by atoms with van der Waals surface area (Å²) in [5.41, 5.74) is 7.29. The molecule has 0 spiro atoms. The summed E-state index contributed by atoms with van der Waals surface area (Å²) in [6.07, 6.45) is 0.928. The third-order valence-corrected chi connectivity index (χ3v) is 5.07. The van der Waals surface area contributed by atoms with Gasteiger partial charge in [-0.1, -0.05) is 26.3 Å². The Morgan fingerprint density at radius 3 is 2.62 bits per heavy atom. The van der Waals surface area contributed by atoms with Crippen molar-refractivity contribution in [3.05, 3.63) is 23.8 Å². The van der Waals surface area contributed by atoms with E-state index in [1.165, 1.54) is 5.56 Å². The second-order valence-electron chi connectivity index (χ2n) is 6.70. The molecule has 1 unspecified atom stereocenters. The molecule has 3 rings (SSSR count). The van der Waals surface area contributed by atoms with Crippen LogP contribution in [0.25, 0.3) is 0 Å². The molecule has 1 saturated heterocycles. The third kappa shape index (κ3) is 3.65. The van der Waals surface area contributed by atoms with Crippen LogP contribution in [0.3, 0.4) is 0 Å². The van der Waals surface area contributed by atoms with Gasteiger partial charge in [-0.15, -0.1) is 0 Å². The number of fused-ring (bicyclic) bond motifs is 1. The van der Waals surface area contributed by atoms with E-state index in [-0.39, 0.29) is 17.9 Å². The molecule has 0 aliphatic carbocycles. The molecule has 6 nitrogen and oxygen atoms in total. The zero-order chi connectivity index (χ0) is 17.1. The van der Waals surface area contributed by atoms with E-state index < -0.39 is 0 Å². The number of amides is 1. The highest BCUT2D eigenvalue weighted by Crippen LogP contribution is 2.32. The van der Waals surface area contributed by atoms with E-state index in [0.29, 0.717) is 6.79 Å². The normalized spacial score (nSPS) is 20.0. The van der Waals surface area contributed by atoms with Crippen LogP contribution in [-0.4, -0.2) is 54.7 Å². The van der Waals surface area contributed by atoms with Gasteiger partial charge in [-0.25, -0.2) is 0 Å². The Bertz CT molecular complexity index is 585. The molecular formula is C18H27N3O3. The van der Waals surface area contributed by atoms with Crippen molar-refractivity contribution in [2.24, 2.45) is 11.7 Å². The summed E-state index contributed by atoms with van der Waals surface area (Å²) in [6, 6.07) is 5.70. The van der Waals surface area contributed by atoms with Crippen LogP contribution in [0.1, 0.15) is 25.8 Å². The number of nitrogens with two attached hydrogens (primary N) is 1. The molecule has 132 valence electrons. The Kier molecular flexibility index (Phi) is 5.26. The van der Waals surface area contributed by atoms with Gasteiger partial charge in [0.2, 0.25) is 12.7 Å². The van der Waals surface area contributed by atoms with Crippen molar-refractivity contribution in [3.63, 3.8) is 0 Å². The standard InChI is InChI=1S/C18H27N3O3/c1-3-13(2)17(19)18(22)21-8-6-20(7-9-21)11-14-4-5-15-16(10-14)24-12-23-15/h4-5,10,13,17H,3,6-9,11-12,19H2,1-2H3/t13?,17-/m0/s1. The number of carbonyl (C=O) groups is 1. The van der Waals surface area contributed by atoms with Crippen LogP contribution in [0.2, 0.25) is 0 Å². The smallest absolute Gasteiger partial charge is 0.239 e. The van der Waals surface area contributed by atoms with Crippen LogP contribution in [-0.2, 0) is 11.3 Å². The maximum Gasteiger partial charge on any atom is 0.239 e. The SMILES string of the molecule is CCC(C)[C@H](N)C(=O)N1CCN(Cc2ccc3c(c2)OCO3)CC1. The molecule has 2 heterocycles. The second kappa shape index (κ2) is 7.40. The van der Waals surface area contributed by atoms with Gasteiger partial charge in [-0.3, -0.25) is 9.69 Å². The Morgan fingerprint density at radius 1 is 1.21 bits per heavy atom. The van der Waals surface area contributed by atoms with E-state index in [1.807, 2.05) is 24.0 Å². The topological polar surface area (TPSA) is 68.0 Å². The summed E-state index contributed by atoms with van der Waals surface area (Å²) >= 11 is 0. The maximum absolute atomic E-state index is 12.4. The number of ether oxygens (including phenoxy) is 2. The lowest BCUT2D eigenvalue weighted by Crippen LogP contribution is -2.54. The molecular weight excluding hydrogens is 306 g/mol. The number of carbonyl (C=O) groups excluding carboxylic acids is 1. The van der Waals surface area contributed by atoms with Gasteiger partial charge in [0.1, 0.15) is 0 Å². The Morgan fingerprint density at radius 2 is 1.92 bits per heavy atom. The fourth-order valence-corrected chi connectivity index (χ4v) is 3.13. The molecule has 0 bridgehead atoms. The molecule has 1 amide bonds. The molecule has 24 heavy (non-hydrogen) atoms. The van der Waals surface area contributed by atoms with E-state index >= 15 is 0 Å². The monoisotopic (exact) mass is 333 g/mol. The van der Waals surface area contributed by atoms with Gasteiger partial charge in [0.15, 0.2) is 11.5 Å². The quantitative estimate of drug-likeness (QED) is 0.883. The highest BCUT2D eigenvalue weighted by molar-refractivity contribution is 5.82. The van der Waals surface area contributed by atoms with Gasteiger partial charge in [-0.05, 0) is 23.6 Å². The van der Waals surface area contributed by atoms with Crippen molar-refractivity contribution in [3.8, 4) is 11.5 Å². The molecule has 2 N–H and O–H groups in total. The molecule has 0 saturated carbocycles. The van der Waals surface area contributed by atoms with Gasteiger partial charge < -0.3 is 20.1 Å². The Hall–Kier alpha value is -1.79. The van der Waals surface area contributed by atoms with Crippen LogP contribution in [0.5, 0.6) is 11.5 Å². The van der Waals surface area contributed by atoms with Crippen molar-refractivity contribution in [1.29, 1.82) is 0 Å². The first-order valence-electron chi connectivity index (χ1n) is 8.73. The van der Waals surface area contributed by atoms with E-state index in [0.717, 1.165) is 50.6 Å². The molecule has 1 fully saturated rings. The summed E-state index contributed by atoms with van der Waals surface area (Å²) < 4.78 is 10.8. The zero-order valence-corrected chi connectivity index (χ0v) is 14.5. The number of piperazine rings is 1. The number of nitrogens with zero attached hydrogens (tertiary/aromatic N) is 2. The summed E-state index contributed by atoms with van der Waals surface area (Å²) in [5, 5.41) is 0. The fraction of sp³-hybridized carbons (Fsp3) is 0.611. The van der Waals surface area contributed by atoms with Gasteiger partial charge in [0.25, 0.3) is 0 Å². The van der Waals surface area contributed by atoms with Crippen molar-refractivity contribution in [2.75, 3.05) is 33.0 Å². The average Bonchev–Trinajstić information content (AvgIpc) is 3.08. The van der Waals surface area contributed by atoms with Crippen molar-refractivity contribution in [2.45, 2.75) is 32.9 Å². The maximum atomic E-state index is 12.4.